The molecule has 0 aliphatic carbocycles. The van der Waals surface area contributed by atoms with Crippen molar-refractivity contribution in [3.63, 3.8) is 0 Å². The summed E-state index contributed by atoms with van der Waals surface area (Å²) in [4.78, 5) is 15.7. The summed E-state index contributed by atoms with van der Waals surface area (Å²) in [6.45, 7) is 2.17. The van der Waals surface area contributed by atoms with Crippen molar-refractivity contribution in [1.82, 2.24) is 15.1 Å². The second-order valence-electron chi connectivity index (χ2n) is 6.13. The van der Waals surface area contributed by atoms with E-state index < -0.39 is 18.6 Å². The number of ether oxygens (including phenoxy) is 2. The fourth-order valence-electron chi connectivity index (χ4n) is 2.80. The summed E-state index contributed by atoms with van der Waals surface area (Å²) in [6, 6.07) is 5.75. The topological polar surface area (TPSA) is 54.0 Å². The molecule has 1 aliphatic rings. The van der Waals surface area contributed by atoms with Crippen molar-refractivity contribution in [3.8, 4) is 11.5 Å². The van der Waals surface area contributed by atoms with E-state index in [1.54, 1.807) is 14.2 Å². The minimum Gasteiger partial charge on any atom is -0.493 e. The van der Waals surface area contributed by atoms with Crippen LogP contribution in [0.15, 0.2) is 18.2 Å². The van der Waals surface area contributed by atoms with Crippen LogP contribution in [0.2, 0.25) is 0 Å². The molecule has 0 saturated carbocycles. The molecule has 0 radical (unpaired) electrons. The molecule has 1 amide bonds. The molecule has 0 spiro atoms. The number of nitrogens with one attached hydrogen (secondary N) is 1. The lowest BCUT2D eigenvalue weighted by molar-refractivity contribution is -0.139. The quantitative estimate of drug-likeness (QED) is 0.783. The van der Waals surface area contributed by atoms with E-state index >= 15 is 0 Å². The first-order valence-corrected chi connectivity index (χ1v) is 8.30. The van der Waals surface area contributed by atoms with E-state index in [1.165, 1.54) is 0 Å². The van der Waals surface area contributed by atoms with Crippen LogP contribution in [-0.2, 0) is 11.3 Å². The van der Waals surface area contributed by atoms with Gasteiger partial charge < -0.3 is 14.8 Å². The smallest absolute Gasteiger partial charge is 0.405 e. The Morgan fingerprint density at radius 2 is 1.69 bits per heavy atom. The number of piperazine rings is 1. The highest BCUT2D eigenvalue weighted by Crippen LogP contribution is 2.28. The number of halogens is 3. The Kier molecular flexibility index (Phi) is 7.10. The summed E-state index contributed by atoms with van der Waals surface area (Å²) in [5, 5.41) is 1.90. The fourth-order valence-corrected chi connectivity index (χ4v) is 2.80. The summed E-state index contributed by atoms with van der Waals surface area (Å²) in [5.41, 5.74) is 1.08. The molecule has 0 bridgehead atoms. The van der Waals surface area contributed by atoms with E-state index in [2.05, 4.69) is 4.90 Å². The molecular formula is C17H24F3N3O3. The first-order chi connectivity index (χ1) is 12.3. The minimum atomic E-state index is -4.38. The Hall–Kier alpha value is -2.00. The Balaban J connectivity index is 1.77. The molecule has 0 aromatic heterocycles. The van der Waals surface area contributed by atoms with E-state index in [4.69, 9.17) is 9.47 Å². The summed E-state index contributed by atoms with van der Waals surface area (Å²) in [5.74, 6) is 0.742. The lowest BCUT2D eigenvalue weighted by Crippen LogP contribution is -2.49. The van der Waals surface area contributed by atoms with Crippen molar-refractivity contribution < 1.29 is 27.4 Å². The molecule has 0 unspecified atom stereocenters. The van der Waals surface area contributed by atoms with Crippen LogP contribution in [0.3, 0.4) is 0 Å². The maximum absolute atomic E-state index is 12.1. The number of methoxy groups -OCH3 is 2. The monoisotopic (exact) mass is 375 g/mol. The van der Waals surface area contributed by atoms with E-state index in [0.717, 1.165) is 25.2 Å². The predicted molar refractivity (Wildman–Crippen MR) is 90.3 cm³/mol. The van der Waals surface area contributed by atoms with Gasteiger partial charge in [-0.3, -0.25) is 14.6 Å². The summed E-state index contributed by atoms with van der Waals surface area (Å²) < 4.78 is 46.8. The van der Waals surface area contributed by atoms with Crippen LogP contribution in [0.1, 0.15) is 5.56 Å². The van der Waals surface area contributed by atoms with Gasteiger partial charge in [0.05, 0.1) is 20.8 Å². The lowest BCUT2D eigenvalue weighted by atomic mass is 10.1. The second-order valence-corrected chi connectivity index (χ2v) is 6.13. The Labute approximate surface area is 150 Å². The van der Waals surface area contributed by atoms with E-state index in [1.807, 2.05) is 28.4 Å². The van der Waals surface area contributed by atoms with E-state index in [0.29, 0.717) is 24.6 Å². The van der Waals surface area contributed by atoms with Gasteiger partial charge in [-0.2, -0.15) is 13.2 Å². The third-order valence-corrected chi connectivity index (χ3v) is 4.17. The van der Waals surface area contributed by atoms with Gasteiger partial charge in [-0.15, -0.1) is 0 Å². The fraction of sp³-hybridized carbons (Fsp3) is 0.588. The molecule has 0 atom stereocenters. The third-order valence-electron chi connectivity index (χ3n) is 4.17. The van der Waals surface area contributed by atoms with Gasteiger partial charge in [0, 0.05) is 32.7 Å². The van der Waals surface area contributed by atoms with Crippen LogP contribution in [-0.4, -0.2) is 75.4 Å². The number of hydrogen-bond acceptors (Lipinski definition) is 5. The summed E-state index contributed by atoms with van der Waals surface area (Å²) >= 11 is 0. The molecule has 1 heterocycles. The standard InChI is InChI=1S/C17H24F3N3O3/c1-25-14-4-3-13(9-15(14)26-2)10-22-5-7-23(8-6-22)11-16(24)21-12-17(18,19)20/h3-4,9H,5-8,10-12H2,1-2H3,(H,21,24). The zero-order valence-corrected chi connectivity index (χ0v) is 14.9. The SMILES string of the molecule is COc1ccc(CN2CCN(CC(=O)NCC(F)(F)F)CC2)cc1OC. The van der Waals surface area contributed by atoms with Crippen molar-refractivity contribution >= 4 is 5.91 Å². The van der Waals surface area contributed by atoms with Gasteiger partial charge in [0.2, 0.25) is 5.91 Å². The van der Waals surface area contributed by atoms with Crippen LogP contribution in [0, 0.1) is 0 Å². The van der Waals surface area contributed by atoms with Gasteiger partial charge >= 0.3 is 6.18 Å². The molecular weight excluding hydrogens is 351 g/mol. The molecule has 1 aromatic rings. The molecule has 26 heavy (non-hydrogen) atoms. The van der Waals surface area contributed by atoms with E-state index in [9.17, 15) is 18.0 Å². The molecule has 1 N–H and O–H groups in total. The first-order valence-electron chi connectivity index (χ1n) is 8.30. The number of carbonyl (C=O) groups excluding carboxylic acids is 1. The maximum Gasteiger partial charge on any atom is 0.405 e. The number of amides is 1. The average molecular weight is 375 g/mol. The molecule has 1 aromatic carbocycles. The highest BCUT2D eigenvalue weighted by Gasteiger charge is 2.28. The molecule has 2 rings (SSSR count). The lowest BCUT2D eigenvalue weighted by Gasteiger charge is -2.34. The Morgan fingerprint density at radius 3 is 2.27 bits per heavy atom. The van der Waals surface area contributed by atoms with Crippen molar-refractivity contribution in [2.75, 3.05) is 53.5 Å². The molecule has 6 nitrogen and oxygen atoms in total. The highest BCUT2D eigenvalue weighted by atomic mass is 19.4. The van der Waals surface area contributed by atoms with Gasteiger partial charge in [-0.1, -0.05) is 6.07 Å². The van der Waals surface area contributed by atoms with Crippen molar-refractivity contribution in [2.24, 2.45) is 0 Å². The van der Waals surface area contributed by atoms with Gasteiger partial charge in [-0.25, -0.2) is 0 Å². The van der Waals surface area contributed by atoms with Crippen molar-refractivity contribution in [3.05, 3.63) is 23.8 Å². The van der Waals surface area contributed by atoms with Crippen LogP contribution in [0.25, 0.3) is 0 Å². The highest BCUT2D eigenvalue weighted by molar-refractivity contribution is 5.78. The Morgan fingerprint density at radius 1 is 1.08 bits per heavy atom. The molecule has 1 aliphatic heterocycles. The molecule has 146 valence electrons. The van der Waals surface area contributed by atoms with Crippen LogP contribution in [0.5, 0.6) is 11.5 Å². The maximum atomic E-state index is 12.1. The number of hydrogen-bond donors (Lipinski definition) is 1. The normalized spacial score (nSPS) is 16.3. The summed E-state index contributed by atoms with van der Waals surface area (Å²) in [7, 11) is 3.17. The van der Waals surface area contributed by atoms with Gasteiger partial charge in [0.1, 0.15) is 6.54 Å². The van der Waals surface area contributed by atoms with Crippen LogP contribution in [0.4, 0.5) is 13.2 Å². The number of nitrogens with zero attached hydrogens (tertiary/aromatic N) is 2. The zero-order chi connectivity index (χ0) is 19.2. The number of alkyl halides is 3. The number of rotatable bonds is 7. The third kappa shape index (κ3) is 6.38. The van der Waals surface area contributed by atoms with Gasteiger partial charge in [-0.05, 0) is 17.7 Å². The van der Waals surface area contributed by atoms with Gasteiger partial charge in [0.25, 0.3) is 0 Å². The molecule has 1 fully saturated rings. The van der Waals surface area contributed by atoms with E-state index in [-0.39, 0.29) is 6.54 Å². The zero-order valence-electron chi connectivity index (χ0n) is 14.9. The largest absolute Gasteiger partial charge is 0.493 e. The van der Waals surface area contributed by atoms with Crippen LogP contribution >= 0.6 is 0 Å². The molecule has 1 saturated heterocycles. The number of carbonyl (C=O) groups is 1. The van der Waals surface area contributed by atoms with Gasteiger partial charge in [0.15, 0.2) is 11.5 Å². The minimum absolute atomic E-state index is 0.0136. The van der Waals surface area contributed by atoms with Crippen molar-refractivity contribution in [2.45, 2.75) is 12.7 Å². The average Bonchev–Trinajstić information content (AvgIpc) is 2.61. The van der Waals surface area contributed by atoms with Crippen molar-refractivity contribution in [1.29, 1.82) is 0 Å². The predicted octanol–water partition coefficient (Wildman–Crippen LogP) is 1.50. The second kappa shape index (κ2) is 9.09. The van der Waals surface area contributed by atoms with Crippen LogP contribution < -0.4 is 14.8 Å². The summed E-state index contributed by atoms with van der Waals surface area (Å²) in [6.07, 6.45) is -4.38. The first kappa shape index (κ1) is 20.3. The Bertz CT molecular complexity index is 603. The molecule has 9 heteroatoms. The number of benzene rings is 1.